The number of thiophene rings is 1. The van der Waals surface area contributed by atoms with Crippen molar-refractivity contribution < 1.29 is 4.79 Å². The standard InChI is InChI=1S/C13H16N4OS/c1-4-5-16-12(18)11-10(15)9(6-14)13(19-11)17-7-8(2)3/h4,17H,1-2,5,7,15H2,3H3,(H,16,18). The van der Waals surface area contributed by atoms with Crippen LogP contribution in [0.2, 0.25) is 0 Å². The predicted molar refractivity (Wildman–Crippen MR) is 79.3 cm³/mol. The van der Waals surface area contributed by atoms with E-state index < -0.39 is 0 Å². The van der Waals surface area contributed by atoms with Gasteiger partial charge in [0.25, 0.3) is 5.91 Å². The van der Waals surface area contributed by atoms with Gasteiger partial charge in [-0.05, 0) is 6.92 Å². The maximum atomic E-state index is 11.9. The molecule has 4 N–H and O–H groups in total. The summed E-state index contributed by atoms with van der Waals surface area (Å²) in [6.07, 6.45) is 1.58. The molecule has 1 heterocycles. The van der Waals surface area contributed by atoms with Crippen LogP contribution in [0.3, 0.4) is 0 Å². The number of nitrogens with one attached hydrogen (secondary N) is 2. The Morgan fingerprint density at radius 1 is 1.63 bits per heavy atom. The summed E-state index contributed by atoms with van der Waals surface area (Å²) in [6, 6.07) is 2.01. The van der Waals surface area contributed by atoms with Crippen molar-refractivity contribution in [2.75, 3.05) is 24.1 Å². The molecule has 5 nitrogen and oxygen atoms in total. The SMILES string of the molecule is C=CCNC(=O)c1sc(NCC(=C)C)c(C#N)c1N. The molecule has 0 aliphatic rings. The van der Waals surface area contributed by atoms with Gasteiger partial charge >= 0.3 is 0 Å². The molecular weight excluding hydrogens is 260 g/mol. The highest BCUT2D eigenvalue weighted by Crippen LogP contribution is 2.35. The summed E-state index contributed by atoms with van der Waals surface area (Å²) in [7, 11) is 0. The number of nitriles is 1. The molecule has 1 rings (SSSR count). The van der Waals surface area contributed by atoms with Crippen molar-refractivity contribution in [3.8, 4) is 6.07 Å². The van der Waals surface area contributed by atoms with Gasteiger partial charge in [0.15, 0.2) is 0 Å². The lowest BCUT2D eigenvalue weighted by molar-refractivity contribution is 0.0963. The van der Waals surface area contributed by atoms with E-state index in [1.807, 2.05) is 13.0 Å². The van der Waals surface area contributed by atoms with Crippen LogP contribution in [0.15, 0.2) is 24.8 Å². The van der Waals surface area contributed by atoms with Gasteiger partial charge in [-0.15, -0.1) is 17.9 Å². The minimum Gasteiger partial charge on any atom is -0.396 e. The zero-order chi connectivity index (χ0) is 14.4. The zero-order valence-corrected chi connectivity index (χ0v) is 11.6. The van der Waals surface area contributed by atoms with Crippen LogP contribution in [0.5, 0.6) is 0 Å². The van der Waals surface area contributed by atoms with Gasteiger partial charge in [0.2, 0.25) is 0 Å². The zero-order valence-electron chi connectivity index (χ0n) is 10.7. The highest BCUT2D eigenvalue weighted by atomic mass is 32.1. The molecular formula is C13H16N4OS. The van der Waals surface area contributed by atoms with Gasteiger partial charge in [0.05, 0.1) is 5.69 Å². The second-order valence-electron chi connectivity index (χ2n) is 3.97. The molecule has 0 saturated carbocycles. The molecule has 0 unspecified atom stereocenters. The van der Waals surface area contributed by atoms with Crippen LogP contribution in [0.1, 0.15) is 22.2 Å². The topological polar surface area (TPSA) is 90.9 Å². The Bertz CT molecular complexity index is 554. The number of anilines is 2. The first kappa shape index (κ1) is 14.8. The van der Waals surface area contributed by atoms with Crippen molar-refractivity contribution in [2.45, 2.75) is 6.92 Å². The summed E-state index contributed by atoms with van der Waals surface area (Å²) in [5.74, 6) is -0.303. The lowest BCUT2D eigenvalue weighted by Crippen LogP contribution is -2.23. The third-order valence-electron chi connectivity index (χ3n) is 2.22. The highest BCUT2D eigenvalue weighted by Gasteiger charge is 2.20. The molecule has 0 aliphatic carbocycles. The number of hydrogen-bond donors (Lipinski definition) is 3. The van der Waals surface area contributed by atoms with Crippen LogP contribution in [0.25, 0.3) is 0 Å². The van der Waals surface area contributed by atoms with Gasteiger partial charge in [-0.25, -0.2) is 0 Å². The number of amides is 1. The van der Waals surface area contributed by atoms with Gasteiger partial charge < -0.3 is 16.4 Å². The van der Waals surface area contributed by atoms with E-state index in [4.69, 9.17) is 11.0 Å². The van der Waals surface area contributed by atoms with Crippen LogP contribution in [0.4, 0.5) is 10.7 Å². The molecule has 1 amide bonds. The van der Waals surface area contributed by atoms with Crippen LogP contribution in [-0.2, 0) is 0 Å². The smallest absolute Gasteiger partial charge is 0.263 e. The summed E-state index contributed by atoms with van der Waals surface area (Å²) in [5, 5.41) is 15.4. The van der Waals surface area contributed by atoms with E-state index in [-0.39, 0.29) is 11.6 Å². The average molecular weight is 276 g/mol. The van der Waals surface area contributed by atoms with Crippen LogP contribution < -0.4 is 16.4 Å². The molecule has 0 radical (unpaired) electrons. The van der Waals surface area contributed by atoms with Crippen LogP contribution in [-0.4, -0.2) is 19.0 Å². The molecule has 1 aromatic heterocycles. The van der Waals surface area contributed by atoms with Gasteiger partial charge in [-0.3, -0.25) is 4.79 Å². The maximum absolute atomic E-state index is 11.9. The average Bonchev–Trinajstić information content (AvgIpc) is 2.69. The van der Waals surface area contributed by atoms with Gasteiger partial charge in [0, 0.05) is 13.1 Å². The first-order valence-electron chi connectivity index (χ1n) is 5.61. The predicted octanol–water partition coefficient (Wildman–Crippen LogP) is 2.11. The molecule has 0 aliphatic heterocycles. The molecule has 0 atom stereocenters. The fraction of sp³-hybridized carbons (Fsp3) is 0.231. The van der Waals surface area contributed by atoms with E-state index in [1.54, 1.807) is 6.08 Å². The Labute approximate surface area is 116 Å². The minimum atomic E-state index is -0.303. The molecule has 6 heteroatoms. The third-order valence-corrected chi connectivity index (χ3v) is 3.38. The first-order valence-corrected chi connectivity index (χ1v) is 6.42. The molecule has 0 saturated heterocycles. The van der Waals surface area contributed by atoms with Crippen LogP contribution in [0, 0.1) is 11.3 Å². The number of rotatable bonds is 6. The van der Waals surface area contributed by atoms with E-state index >= 15 is 0 Å². The number of hydrogen-bond acceptors (Lipinski definition) is 5. The van der Waals surface area contributed by atoms with E-state index in [0.29, 0.717) is 28.5 Å². The molecule has 0 fully saturated rings. The quantitative estimate of drug-likeness (QED) is 0.694. The fourth-order valence-electron chi connectivity index (χ4n) is 1.32. The highest BCUT2D eigenvalue weighted by molar-refractivity contribution is 7.18. The van der Waals surface area contributed by atoms with E-state index in [2.05, 4.69) is 23.8 Å². The molecule has 0 spiro atoms. The molecule has 100 valence electrons. The van der Waals surface area contributed by atoms with E-state index in [0.717, 1.165) is 5.57 Å². The number of nitrogens with zero attached hydrogens (tertiary/aromatic N) is 1. The summed E-state index contributed by atoms with van der Waals surface area (Å²) in [6.45, 7) is 10.0. The van der Waals surface area contributed by atoms with Crippen molar-refractivity contribution in [1.82, 2.24) is 5.32 Å². The molecule has 19 heavy (non-hydrogen) atoms. The van der Waals surface area contributed by atoms with E-state index in [1.165, 1.54) is 11.3 Å². The van der Waals surface area contributed by atoms with Gasteiger partial charge in [-0.1, -0.05) is 18.2 Å². The number of nitrogen functional groups attached to an aromatic ring is 1. The Kier molecular flexibility index (Phi) is 5.15. The summed E-state index contributed by atoms with van der Waals surface area (Å²) in [5.41, 5.74) is 7.26. The summed E-state index contributed by atoms with van der Waals surface area (Å²) >= 11 is 1.17. The van der Waals surface area contributed by atoms with Crippen LogP contribution >= 0.6 is 11.3 Å². The summed E-state index contributed by atoms with van der Waals surface area (Å²) in [4.78, 5) is 12.2. The van der Waals surface area contributed by atoms with Crippen molar-refractivity contribution >= 4 is 27.9 Å². The maximum Gasteiger partial charge on any atom is 0.263 e. The van der Waals surface area contributed by atoms with Crippen molar-refractivity contribution in [3.63, 3.8) is 0 Å². The lowest BCUT2D eigenvalue weighted by atomic mass is 10.2. The lowest BCUT2D eigenvalue weighted by Gasteiger charge is -2.02. The fourth-order valence-corrected chi connectivity index (χ4v) is 2.31. The second kappa shape index (κ2) is 6.61. The number of carbonyl (C=O) groups excluding carboxylic acids is 1. The van der Waals surface area contributed by atoms with Gasteiger partial charge in [0.1, 0.15) is 21.5 Å². The largest absolute Gasteiger partial charge is 0.396 e. The molecule has 1 aromatic rings. The number of nitrogens with two attached hydrogens (primary N) is 1. The Morgan fingerprint density at radius 2 is 2.32 bits per heavy atom. The molecule has 0 bridgehead atoms. The Hall–Kier alpha value is -2.26. The Balaban J connectivity index is 3.01. The Morgan fingerprint density at radius 3 is 2.84 bits per heavy atom. The summed E-state index contributed by atoms with van der Waals surface area (Å²) < 4.78 is 0. The first-order chi connectivity index (χ1) is 9.01. The second-order valence-corrected chi connectivity index (χ2v) is 4.99. The molecule has 0 aromatic carbocycles. The third kappa shape index (κ3) is 3.60. The number of carbonyl (C=O) groups is 1. The minimum absolute atomic E-state index is 0.207. The van der Waals surface area contributed by atoms with E-state index in [9.17, 15) is 4.79 Å². The normalized spacial score (nSPS) is 9.47. The van der Waals surface area contributed by atoms with Crippen molar-refractivity contribution in [3.05, 3.63) is 35.2 Å². The van der Waals surface area contributed by atoms with Gasteiger partial charge in [-0.2, -0.15) is 5.26 Å². The monoisotopic (exact) mass is 276 g/mol. The van der Waals surface area contributed by atoms with Crippen molar-refractivity contribution in [2.24, 2.45) is 0 Å². The van der Waals surface area contributed by atoms with Crippen molar-refractivity contribution in [1.29, 1.82) is 5.26 Å².